The first-order valence-electron chi connectivity index (χ1n) is 8.54. The van der Waals surface area contributed by atoms with Gasteiger partial charge in [-0.25, -0.2) is 0 Å². The Balaban J connectivity index is 1.61. The summed E-state index contributed by atoms with van der Waals surface area (Å²) in [7, 11) is 3.16. The maximum absolute atomic E-state index is 12.3. The second-order valence-corrected chi connectivity index (χ2v) is 7.04. The Kier molecular flexibility index (Phi) is 6.28. The summed E-state index contributed by atoms with van der Waals surface area (Å²) in [4.78, 5) is 26.1. The summed E-state index contributed by atoms with van der Waals surface area (Å²) in [5, 5.41) is 2.65. The Morgan fingerprint density at radius 1 is 1.30 bits per heavy atom. The summed E-state index contributed by atoms with van der Waals surface area (Å²) in [6, 6.07) is 9.19. The van der Waals surface area contributed by atoms with E-state index in [1.54, 1.807) is 49.3 Å². The van der Waals surface area contributed by atoms with Crippen molar-refractivity contribution in [2.75, 3.05) is 26.5 Å². The normalized spacial score (nSPS) is 16.4. The van der Waals surface area contributed by atoms with E-state index in [2.05, 4.69) is 5.32 Å². The van der Waals surface area contributed by atoms with Crippen molar-refractivity contribution >= 4 is 23.6 Å². The molecule has 2 heterocycles. The Labute approximate surface area is 162 Å². The number of ether oxygens (including phenoxy) is 2. The van der Waals surface area contributed by atoms with Crippen LogP contribution in [0.15, 0.2) is 41.0 Å². The van der Waals surface area contributed by atoms with Gasteiger partial charge in [0.1, 0.15) is 11.1 Å². The largest absolute Gasteiger partial charge is 0.493 e. The molecule has 1 N–H and O–H groups in total. The highest BCUT2D eigenvalue weighted by atomic mass is 32.2. The Hall–Kier alpha value is -2.61. The summed E-state index contributed by atoms with van der Waals surface area (Å²) in [5.41, 5.74) is 0.944. The fourth-order valence-corrected chi connectivity index (χ4v) is 4.10. The fourth-order valence-electron chi connectivity index (χ4n) is 2.89. The predicted molar refractivity (Wildman–Crippen MR) is 102 cm³/mol. The molecule has 2 amide bonds. The summed E-state index contributed by atoms with van der Waals surface area (Å²) in [6.07, 6.45) is 1.80. The molecule has 3 rings (SSSR count). The van der Waals surface area contributed by atoms with Crippen LogP contribution in [-0.4, -0.2) is 43.2 Å². The van der Waals surface area contributed by atoms with E-state index in [1.807, 2.05) is 18.2 Å². The molecule has 0 spiro atoms. The van der Waals surface area contributed by atoms with Crippen LogP contribution in [0.3, 0.4) is 0 Å². The topological polar surface area (TPSA) is 81.0 Å². The highest BCUT2D eigenvalue weighted by Crippen LogP contribution is 2.41. The lowest BCUT2D eigenvalue weighted by Crippen LogP contribution is -2.33. The van der Waals surface area contributed by atoms with Crippen molar-refractivity contribution in [2.45, 2.75) is 18.3 Å². The number of carbonyl (C=O) groups is 2. The van der Waals surface area contributed by atoms with Crippen LogP contribution < -0.4 is 14.8 Å². The number of thioether (sulfide) groups is 1. The molecule has 1 aliphatic rings. The molecule has 0 aliphatic carbocycles. The number of nitrogens with one attached hydrogen (secondary N) is 1. The van der Waals surface area contributed by atoms with Crippen LogP contribution >= 0.6 is 11.8 Å². The highest BCUT2D eigenvalue weighted by Gasteiger charge is 2.33. The number of methoxy groups -OCH3 is 2. The number of amides is 2. The molecule has 0 radical (unpaired) electrons. The minimum absolute atomic E-state index is 0.0265. The molecule has 7 nitrogen and oxygen atoms in total. The zero-order valence-corrected chi connectivity index (χ0v) is 16.1. The third-order valence-corrected chi connectivity index (χ3v) is 5.54. The summed E-state index contributed by atoms with van der Waals surface area (Å²) in [6.45, 7) is 0.697. The van der Waals surface area contributed by atoms with Crippen molar-refractivity contribution in [2.24, 2.45) is 0 Å². The quantitative estimate of drug-likeness (QED) is 0.746. The molecular weight excluding hydrogens is 368 g/mol. The van der Waals surface area contributed by atoms with Crippen LogP contribution in [0.4, 0.5) is 0 Å². The highest BCUT2D eigenvalue weighted by molar-refractivity contribution is 8.00. The number of nitrogens with zero attached hydrogens (tertiary/aromatic N) is 1. The monoisotopic (exact) mass is 390 g/mol. The van der Waals surface area contributed by atoms with E-state index >= 15 is 0 Å². The molecule has 1 aliphatic heterocycles. The van der Waals surface area contributed by atoms with Gasteiger partial charge in [0.25, 0.3) is 0 Å². The van der Waals surface area contributed by atoms with E-state index in [9.17, 15) is 9.59 Å². The standard InChI is InChI=1S/C19H22N2O5S/c1-24-15-6-5-13(10-16(15)25-2)19-21(18(23)12-27-19)8-7-17(22)20-11-14-4-3-9-26-14/h3-6,9-10,19H,7-8,11-12H2,1-2H3,(H,20,22). The zero-order chi connectivity index (χ0) is 19.2. The molecule has 2 aromatic rings. The second kappa shape index (κ2) is 8.85. The molecule has 0 saturated carbocycles. The van der Waals surface area contributed by atoms with Gasteiger partial charge in [-0.05, 0) is 29.8 Å². The molecule has 1 unspecified atom stereocenters. The van der Waals surface area contributed by atoms with Crippen molar-refractivity contribution in [3.8, 4) is 11.5 Å². The Morgan fingerprint density at radius 2 is 2.11 bits per heavy atom. The fraction of sp³-hybridized carbons (Fsp3) is 0.368. The smallest absolute Gasteiger partial charge is 0.233 e. The molecule has 27 heavy (non-hydrogen) atoms. The number of furan rings is 1. The van der Waals surface area contributed by atoms with Crippen LogP contribution in [0.25, 0.3) is 0 Å². The number of carbonyl (C=O) groups excluding carboxylic acids is 2. The summed E-state index contributed by atoms with van der Waals surface area (Å²) in [5.74, 6) is 2.25. The number of hydrogen-bond acceptors (Lipinski definition) is 6. The molecule has 1 aromatic heterocycles. The first-order chi connectivity index (χ1) is 13.1. The minimum Gasteiger partial charge on any atom is -0.493 e. The molecule has 144 valence electrons. The average Bonchev–Trinajstić information content (AvgIpc) is 3.34. The molecule has 1 saturated heterocycles. The lowest BCUT2D eigenvalue weighted by atomic mass is 10.1. The van der Waals surface area contributed by atoms with E-state index < -0.39 is 0 Å². The van der Waals surface area contributed by atoms with E-state index in [4.69, 9.17) is 13.9 Å². The Bertz CT molecular complexity index is 793. The molecule has 0 bridgehead atoms. The van der Waals surface area contributed by atoms with Crippen LogP contribution in [0.1, 0.15) is 23.1 Å². The lowest BCUT2D eigenvalue weighted by Gasteiger charge is -2.24. The second-order valence-electron chi connectivity index (χ2n) is 5.97. The first-order valence-corrected chi connectivity index (χ1v) is 9.59. The van der Waals surface area contributed by atoms with E-state index in [1.165, 1.54) is 0 Å². The van der Waals surface area contributed by atoms with E-state index in [0.717, 1.165) is 5.56 Å². The van der Waals surface area contributed by atoms with E-state index in [-0.39, 0.29) is 23.6 Å². The van der Waals surface area contributed by atoms with Gasteiger partial charge in [0, 0.05) is 13.0 Å². The van der Waals surface area contributed by atoms with Gasteiger partial charge in [0.15, 0.2) is 11.5 Å². The van der Waals surface area contributed by atoms with Crippen LogP contribution in [0.2, 0.25) is 0 Å². The van der Waals surface area contributed by atoms with E-state index in [0.29, 0.717) is 36.1 Å². The van der Waals surface area contributed by atoms with Gasteiger partial charge in [-0.3, -0.25) is 9.59 Å². The van der Waals surface area contributed by atoms with Crippen molar-refractivity contribution in [1.82, 2.24) is 10.2 Å². The molecular formula is C19H22N2O5S. The molecule has 1 atom stereocenters. The third kappa shape index (κ3) is 4.57. The maximum Gasteiger partial charge on any atom is 0.233 e. The van der Waals surface area contributed by atoms with Crippen LogP contribution in [0.5, 0.6) is 11.5 Å². The minimum atomic E-state index is -0.143. The molecule has 1 aromatic carbocycles. The van der Waals surface area contributed by atoms with Gasteiger partial charge in [-0.1, -0.05) is 6.07 Å². The first kappa shape index (κ1) is 19.2. The number of rotatable bonds is 8. The zero-order valence-electron chi connectivity index (χ0n) is 15.3. The average molecular weight is 390 g/mol. The predicted octanol–water partition coefficient (Wildman–Crippen LogP) is 2.58. The SMILES string of the molecule is COc1ccc(C2SCC(=O)N2CCC(=O)NCc2ccco2)cc1OC. The lowest BCUT2D eigenvalue weighted by molar-refractivity contribution is -0.129. The molecule has 8 heteroatoms. The third-order valence-electron chi connectivity index (χ3n) is 4.28. The van der Waals surface area contributed by atoms with Gasteiger partial charge in [-0.2, -0.15) is 0 Å². The van der Waals surface area contributed by atoms with Crippen molar-refractivity contribution in [3.05, 3.63) is 47.9 Å². The number of benzene rings is 1. The van der Waals surface area contributed by atoms with Gasteiger partial charge >= 0.3 is 0 Å². The maximum atomic E-state index is 12.3. The summed E-state index contributed by atoms with van der Waals surface area (Å²) < 4.78 is 15.8. The number of hydrogen-bond donors (Lipinski definition) is 1. The van der Waals surface area contributed by atoms with Crippen LogP contribution in [-0.2, 0) is 16.1 Å². The summed E-state index contributed by atoms with van der Waals surface area (Å²) >= 11 is 1.54. The van der Waals surface area contributed by atoms with Gasteiger partial charge in [-0.15, -0.1) is 11.8 Å². The van der Waals surface area contributed by atoms with Gasteiger partial charge < -0.3 is 24.1 Å². The van der Waals surface area contributed by atoms with Crippen molar-refractivity contribution in [1.29, 1.82) is 0 Å². The van der Waals surface area contributed by atoms with Gasteiger partial charge in [0.2, 0.25) is 11.8 Å². The van der Waals surface area contributed by atoms with Gasteiger partial charge in [0.05, 0.1) is 32.8 Å². The van der Waals surface area contributed by atoms with Crippen molar-refractivity contribution < 1.29 is 23.5 Å². The Morgan fingerprint density at radius 3 is 2.81 bits per heavy atom. The molecule has 1 fully saturated rings. The van der Waals surface area contributed by atoms with Crippen molar-refractivity contribution in [3.63, 3.8) is 0 Å². The van der Waals surface area contributed by atoms with Crippen LogP contribution in [0, 0.1) is 0 Å².